The van der Waals surface area contributed by atoms with E-state index in [0.717, 1.165) is 23.4 Å². The largest absolute Gasteiger partial charge is 0.494 e. The molecule has 0 aliphatic rings. The molecule has 1 amide bonds. The van der Waals surface area contributed by atoms with E-state index in [9.17, 15) is 4.79 Å². The monoisotopic (exact) mass is 313 g/mol. The van der Waals surface area contributed by atoms with Crippen molar-refractivity contribution in [2.45, 2.75) is 33.3 Å². The number of nitrogens with one attached hydrogen (secondary N) is 1. The molecule has 0 bridgehead atoms. The van der Waals surface area contributed by atoms with Crippen molar-refractivity contribution in [3.63, 3.8) is 0 Å². The Morgan fingerprint density at radius 1 is 1.04 bits per heavy atom. The first-order chi connectivity index (χ1) is 11.1. The summed E-state index contributed by atoms with van der Waals surface area (Å²) in [5.41, 5.74) is 1.87. The van der Waals surface area contributed by atoms with E-state index in [4.69, 9.17) is 9.47 Å². The summed E-state index contributed by atoms with van der Waals surface area (Å²) in [6.07, 6.45) is 0.389. The molecule has 0 spiro atoms. The van der Waals surface area contributed by atoms with Gasteiger partial charge in [0.05, 0.1) is 6.61 Å². The van der Waals surface area contributed by atoms with Gasteiger partial charge in [0.25, 0.3) is 5.91 Å². The van der Waals surface area contributed by atoms with Crippen LogP contribution in [0.15, 0.2) is 48.5 Å². The number of benzene rings is 2. The molecule has 4 nitrogen and oxygen atoms in total. The van der Waals surface area contributed by atoms with Crippen LogP contribution in [0.3, 0.4) is 0 Å². The first kappa shape index (κ1) is 16.9. The minimum atomic E-state index is -0.575. The van der Waals surface area contributed by atoms with Gasteiger partial charge in [-0.3, -0.25) is 4.79 Å². The van der Waals surface area contributed by atoms with E-state index in [1.807, 2.05) is 55.5 Å². The number of hydrogen-bond acceptors (Lipinski definition) is 3. The van der Waals surface area contributed by atoms with Crippen LogP contribution in [0.25, 0.3) is 0 Å². The van der Waals surface area contributed by atoms with E-state index in [0.29, 0.717) is 12.4 Å². The predicted octanol–water partition coefficient (Wildman–Crippen LogP) is 4.19. The summed E-state index contributed by atoms with van der Waals surface area (Å²) >= 11 is 0. The Balaban J connectivity index is 1.88. The lowest BCUT2D eigenvalue weighted by Crippen LogP contribution is -2.30. The zero-order chi connectivity index (χ0) is 16.7. The number of rotatable bonds is 7. The van der Waals surface area contributed by atoms with Crippen molar-refractivity contribution in [3.05, 3.63) is 54.1 Å². The van der Waals surface area contributed by atoms with Crippen molar-refractivity contribution in [2.24, 2.45) is 0 Å². The van der Waals surface area contributed by atoms with E-state index in [1.165, 1.54) is 0 Å². The minimum Gasteiger partial charge on any atom is -0.494 e. The molecule has 2 aromatic rings. The molecule has 23 heavy (non-hydrogen) atoms. The molecule has 0 fully saturated rings. The van der Waals surface area contributed by atoms with Crippen molar-refractivity contribution >= 4 is 11.6 Å². The fourth-order valence-electron chi connectivity index (χ4n) is 1.97. The van der Waals surface area contributed by atoms with Crippen LogP contribution >= 0.6 is 0 Å². The summed E-state index contributed by atoms with van der Waals surface area (Å²) < 4.78 is 11.2. The highest BCUT2D eigenvalue weighted by molar-refractivity contribution is 5.94. The standard InChI is InChI=1S/C19H23NO3/c1-4-13-22-17-11-7-16(8-12-17)20-19(21)15(3)23-18-9-5-14(2)6-10-18/h5-12,15H,4,13H2,1-3H3,(H,20,21). The van der Waals surface area contributed by atoms with Gasteiger partial charge in [-0.05, 0) is 56.7 Å². The molecule has 4 heteroatoms. The Labute approximate surface area is 137 Å². The van der Waals surface area contributed by atoms with E-state index in [1.54, 1.807) is 6.92 Å². The van der Waals surface area contributed by atoms with E-state index < -0.39 is 6.10 Å². The van der Waals surface area contributed by atoms with Gasteiger partial charge in [0.15, 0.2) is 6.10 Å². The normalized spacial score (nSPS) is 11.6. The number of carbonyl (C=O) groups excluding carboxylic acids is 1. The second-order valence-electron chi connectivity index (χ2n) is 5.44. The lowest BCUT2D eigenvalue weighted by atomic mass is 10.2. The molecule has 0 aliphatic heterocycles. The van der Waals surface area contributed by atoms with Crippen molar-refractivity contribution < 1.29 is 14.3 Å². The molecule has 0 saturated carbocycles. The van der Waals surface area contributed by atoms with E-state index in [2.05, 4.69) is 12.2 Å². The molecule has 0 aliphatic carbocycles. The highest BCUT2D eigenvalue weighted by atomic mass is 16.5. The third-order valence-corrected chi connectivity index (χ3v) is 3.30. The van der Waals surface area contributed by atoms with Crippen LogP contribution in [-0.4, -0.2) is 18.6 Å². The van der Waals surface area contributed by atoms with Crippen molar-refractivity contribution in [1.82, 2.24) is 0 Å². The van der Waals surface area contributed by atoms with E-state index >= 15 is 0 Å². The van der Waals surface area contributed by atoms with Gasteiger partial charge in [0, 0.05) is 5.69 Å². The quantitative estimate of drug-likeness (QED) is 0.833. The molecule has 0 radical (unpaired) electrons. The summed E-state index contributed by atoms with van der Waals surface area (Å²) in [6, 6.07) is 15.0. The van der Waals surface area contributed by atoms with Crippen LogP contribution < -0.4 is 14.8 Å². The summed E-state index contributed by atoms with van der Waals surface area (Å²) in [5, 5.41) is 2.84. The van der Waals surface area contributed by atoms with Crippen LogP contribution in [0.1, 0.15) is 25.8 Å². The highest BCUT2D eigenvalue weighted by Crippen LogP contribution is 2.17. The second-order valence-corrected chi connectivity index (χ2v) is 5.44. The Morgan fingerprint density at radius 3 is 2.26 bits per heavy atom. The average Bonchev–Trinajstić information content (AvgIpc) is 2.56. The number of aryl methyl sites for hydroxylation is 1. The highest BCUT2D eigenvalue weighted by Gasteiger charge is 2.14. The van der Waals surface area contributed by atoms with Crippen LogP contribution in [-0.2, 0) is 4.79 Å². The maximum Gasteiger partial charge on any atom is 0.265 e. The van der Waals surface area contributed by atoms with Crippen molar-refractivity contribution in [3.8, 4) is 11.5 Å². The number of amides is 1. The van der Waals surface area contributed by atoms with Gasteiger partial charge in [-0.2, -0.15) is 0 Å². The Bertz CT molecular complexity index is 620. The lowest BCUT2D eigenvalue weighted by molar-refractivity contribution is -0.122. The topological polar surface area (TPSA) is 47.6 Å². The Hall–Kier alpha value is -2.49. The van der Waals surface area contributed by atoms with Crippen molar-refractivity contribution in [1.29, 1.82) is 0 Å². The van der Waals surface area contributed by atoms with Crippen LogP contribution in [0, 0.1) is 6.92 Å². The molecule has 1 atom stereocenters. The number of anilines is 1. The number of carbonyl (C=O) groups is 1. The lowest BCUT2D eigenvalue weighted by Gasteiger charge is -2.15. The van der Waals surface area contributed by atoms with Gasteiger partial charge in [-0.25, -0.2) is 0 Å². The molecule has 0 saturated heterocycles. The SMILES string of the molecule is CCCOc1ccc(NC(=O)C(C)Oc2ccc(C)cc2)cc1. The van der Waals surface area contributed by atoms with Gasteiger partial charge in [-0.1, -0.05) is 24.6 Å². The summed E-state index contributed by atoms with van der Waals surface area (Å²) in [7, 11) is 0. The van der Waals surface area contributed by atoms with Gasteiger partial charge in [0.2, 0.25) is 0 Å². The fourth-order valence-corrected chi connectivity index (χ4v) is 1.97. The van der Waals surface area contributed by atoms with Crippen molar-refractivity contribution in [2.75, 3.05) is 11.9 Å². The maximum atomic E-state index is 12.2. The van der Waals surface area contributed by atoms with E-state index in [-0.39, 0.29) is 5.91 Å². The van der Waals surface area contributed by atoms with Crippen LogP contribution in [0.2, 0.25) is 0 Å². The maximum absolute atomic E-state index is 12.2. The van der Waals surface area contributed by atoms with Crippen LogP contribution in [0.5, 0.6) is 11.5 Å². The molecule has 1 N–H and O–H groups in total. The number of ether oxygens (including phenoxy) is 2. The Morgan fingerprint density at radius 2 is 1.65 bits per heavy atom. The fraction of sp³-hybridized carbons (Fsp3) is 0.316. The molecule has 2 rings (SSSR count). The minimum absolute atomic E-state index is 0.187. The molecule has 1 unspecified atom stereocenters. The summed E-state index contributed by atoms with van der Waals surface area (Å²) in [4.78, 5) is 12.2. The first-order valence-electron chi connectivity index (χ1n) is 7.85. The average molecular weight is 313 g/mol. The van der Waals surface area contributed by atoms with Gasteiger partial charge < -0.3 is 14.8 Å². The molecule has 2 aromatic carbocycles. The van der Waals surface area contributed by atoms with Crippen LogP contribution in [0.4, 0.5) is 5.69 Å². The number of hydrogen-bond donors (Lipinski definition) is 1. The molecular weight excluding hydrogens is 290 g/mol. The predicted molar refractivity (Wildman–Crippen MR) is 92.1 cm³/mol. The summed E-state index contributed by atoms with van der Waals surface area (Å²) in [6.45, 7) is 6.49. The molecular formula is C19H23NO3. The van der Waals surface area contributed by atoms with Gasteiger partial charge in [0.1, 0.15) is 11.5 Å². The second kappa shape index (κ2) is 8.22. The zero-order valence-electron chi connectivity index (χ0n) is 13.8. The smallest absolute Gasteiger partial charge is 0.265 e. The Kier molecular flexibility index (Phi) is 6.03. The molecule has 0 heterocycles. The summed E-state index contributed by atoms with van der Waals surface area (Å²) in [5.74, 6) is 1.29. The third kappa shape index (κ3) is 5.33. The van der Waals surface area contributed by atoms with Gasteiger partial charge >= 0.3 is 0 Å². The third-order valence-electron chi connectivity index (χ3n) is 3.30. The first-order valence-corrected chi connectivity index (χ1v) is 7.85. The van der Waals surface area contributed by atoms with Gasteiger partial charge in [-0.15, -0.1) is 0 Å². The molecule has 122 valence electrons. The molecule has 0 aromatic heterocycles. The zero-order valence-corrected chi connectivity index (χ0v) is 13.8.